The van der Waals surface area contributed by atoms with Crippen molar-refractivity contribution in [1.29, 1.82) is 5.26 Å². The highest BCUT2D eigenvalue weighted by molar-refractivity contribution is 5.79. The normalized spacial score (nSPS) is 17.4. The summed E-state index contributed by atoms with van der Waals surface area (Å²) in [6.45, 7) is 9.70. The highest BCUT2D eigenvalue weighted by atomic mass is 16.2. The molecule has 0 spiro atoms. The van der Waals surface area contributed by atoms with Crippen molar-refractivity contribution in [1.82, 2.24) is 10.2 Å². The first kappa shape index (κ1) is 14.7. The highest BCUT2D eigenvalue weighted by Crippen LogP contribution is 2.28. The van der Waals surface area contributed by atoms with Crippen LogP contribution in [-0.2, 0) is 4.79 Å². The molecule has 4 heteroatoms. The van der Waals surface area contributed by atoms with Gasteiger partial charge in [-0.05, 0) is 39.2 Å². The lowest BCUT2D eigenvalue weighted by Gasteiger charge is -2.25. The third kappa shape index (κ3) is 4.15. The van der Waals surface area contributed by atoms with Crippen LogP contribution in [0.1, 0.15) is 39.5 Å². The van der Waals surface area contributed by atoms with Gasteiger partial charge in [0, 0.05) is 6.54 Å². The Hall–Kier alpha value is -1.34. The van der Waals surface area contributed by atoms with Crippen LogP contribution < -0.4 is 5.32 Å². The van der Waals surface area contributed by atoms with E-state index in [4.69, 9.17) is 0 Å². The second-order valence-corrected chi connectivity index (χ2v) is 5.21. The van der Waals surface area contributed by atoms with E-state index in [0.717, 1.165) is 44.3 Å². The zero-order valence-corrected chi connectivity index (χ0v) is 11.5. The van der Waals surface area contributed by atoms with Gasteiger partial charge in [-0.25, -0.2) is 0 Å². The number of nitriles is 1. The van der Waals surface area contributed by atoms with Gasteiger partial charge in [0.15, 0.2) is 0 Å². The molecule has 0 aliphatic heterocycles. The summed E-state index contributed by atoms with van der Waals surface area (Å²) in [5.74, 6) is -0.0541. The lowest BCUT2D eigenvalue weighted by atomic mass is 10.00. The molecule has 18 heavy (non-hydrogen) atoms. The molecule has 0 aromatic rings. The quantitative estimate of drug-likeness (QED) is 0.731. The summed E-state index contributed by atoms with van der Waals surface area (Å²) in [4.78, 5) is 14.0. The third-order valence-electron chi connectivity index (χ3n) is 3.36. The van der Waals surface area contributed by atoms with Crippen molar-refractivity contribution < 1.29 is 4.79 Å². The zero-order valence-electron chi connectivity index (χ0n) is 11.5. The van der Waals surface area contributed by atoms with E-state index in [-0.39, 0.29) is 5.91 Å². The molecular formula is C14H23N3O. The van der Waals surface area contributed by atoms with Crippen molar-refractivity contribution in [3.05, 3.63) is 12.2 Å². The monoisotopic (exact) mass is 249 g/mol. The molecule has 1 aliphatic rings. The minimum absolute atomic E-state index is 0.0541. The average molecular weight is 249 g/mol. The number of carbonyl (C=O) groups is 1. The van der Waals surface area contributed by atoms with Crippen LogP contribution in [-0.4, -0.2) is 36.0 Å². The molecule has 1 rings (SSSR count). The Bertz CT molecular complexity index is 351. The van der Waals surface area contributed by atoms with E-state index in [1.165, 1.54) is 0 Å². The fraction of sp³-hybridized carbons (Fsp3) is 0.714. The minimum Gasteiger partial charge on any atom is -0.337 e. The van der Waals surface area contributed by atoms with Crippen molar-refractivity contribution in [3.63, 3.8) is 0 Å². The Morgan fingerprint density at radius 1 is 1.44 bits per heavy atom. The lowest BCUT2D eigenvalue weighted by Crippen LogP contribution is -2.49. The minimum atomic E-state index is -0.611. The Morgan fingerprint density at radius 2 is 2.06 bits per heavy atom. The molecule has 0 heterocycles. The Labute approximate surface area is 110 Å². The van der Waals surface area contributed by atoms with Gasteiger partial charge in [-0.1, -0.05) is 19.1 Å². The van der Waals surface area contributed by atoms with Crippen LogP contribution in [0, 0.1) is 11.3 Å². The van der Waals surface area contributed by atoms with Gasteiger partial charge in [-0.3, -0.25) is 9.69 Å². The maximum absolute atomic E-state index is 12.0. The number of hydrogen-bond acceptors (Lipinski definition) is 3. The van der Waals surface area contributed by atoms with Crippen LogP contribution in [0.15, 0.2) is 12.2 Å². The average Bonchev–Trinajstić information content (AvgIpc) is 2.76. The summed E-state index contributed by atoms with van der Waals surface area (Å²) in [5, 5.41) is 12.1. The first-order valence-electron chi connectivity index (χ1n) is 6.60. The molecule has 1 amide bonds. The van der Waals surface area contributed by atoms with E-state index in [2.05, 4.69) is 18.0 Å². The summed E-state index contributed by atoms with van der Waals surface area (Å²) in [5.41, 5.74) is 0.431. The van der Waals surface area contributed by atoms with Gasteiger partial charge < -0.3 is 5.32 Å². The number of carbonyl (C=O) groups excluding carboxylic acids is 1. The molecule has 1 fully saturated rings. The second-order valence-electron chi connectivity index (χ2n) is 5.21. The molecule has 1 saturated carbocycles. The van der Waals surface area contributed by atoms with Crippen molar-refractivity contribution in [2.75, 3.05) is 19.6 Å². The first-order chi connectivity index (χ1) is 8.51. The summed E-state index contributed by atoms with van der Waals surface area (Å²) >= 11 is 0. The Kier molecular flexibility index (Phi) is 5.36. The van der Waals surface area contributed by atoms with Crippen LogP contribution in [0.25, 0.3) is 0 Å². The van der Waals surface area contributed by atoms with Gasteiger partial charge in [0.1, 0.15) is 5.54 Å². The van der Waals surface area contributed by atoms with E-state index >= 15 is 0 Å². The first-order valence-corrected chi connectivity index (χ1v) is 6.60. The van der Waals surface area contributed by atoms with Gasteiger partial charge in [-0.2, -0.15) is 5.26 Å². The van der Waals surface area contributed by atoms with Crippen LogP contribution in [0.2, 0.25) is 0 Å². The SMILES string of the molecule is C=C(C)CN(CC)CC(=O)NC1(C#N)CCCC1. The summed E-state index contributed by atoms with van der Waals surface area (Å²) < 4.78 is 0. The van der Waals surface area contributed by atoms with E-state index in [9.17, 15) is 10.1 Å². The molecule has 0 saturated heterocycles. The number of likely N-dealkylation sites (N-methyl/N-ethyl adjacent to an activating group) is 1. The molecule has 0 aromatic carbocycles. The number of nitrogens with one attached hydrogen (secondary N) is 1. The van der Waals surface area contributed by atoms with Crippen molar-refractivity contribution in [3.8, 4) is 6.07 Å². The van der Waals surface area contributed by atoms with Gasteiger partial charge in [0.2, 0.25) is 5.91 Å². The predicted molar refractivity (Wildman–Crippen MR) is 71.9 cm³/mol. The molecule has 0 unspecified atom stereocenters. The molecule has 1 N–H and O–H groups in total. The molecular weight excluding hydrogens is 226 g/mol. The largest absolute Gasteiger partial charge is 0.337 e. The lowest BCUT2D eigenvalue weighted by molar-refractivity contribution is -0.123. The van der Waals surface area contributed by atoms with E-state index < -0.39 is 5.54 Å². The fourth-order valence-electron chi connectivity index (χ4n) is 2.41. The predicted octanol–water partition coefficient (Wildman–Crippen LogP) is 1.84. The molecule has 0 radical (unpaired) electrons. The summed E-state index contributed by atoms with van der Waals surface area (Å²) in [7, 11) is 0. The van der Waals surface area contributed by atoms with Crippen LogP contribution in [0.5, 0.6) is 0 Å². The number of rotatable bonds is 6. The van der Waals surface area contributed by atoms with E-state index in [1.807, 2.05) is 18.7 Å². The van der Waals surface area contributed by atoms with Crippen LogP contribution in [0.3, 0.4) is 0 Å². The van der Waals surface area contributed by atoms with Gasteiger partial charge in [-0.15, -0.1) is 0 Å². The third-order valence-corrected chi connectivity index (χ3v) is 3.36. The van der Waals surface area contributed by atoms with Gasteiger partial charge >= 0.3 is 0 Å². The zero-order chi connectivity index (χ0) is 13.6. The Balaban J connectivity index is 2.49. The van der Waals surface area contributed by atoms with Crippen molar-refractivity contribution in [2.24, 2.45) is 0 Å². The van der Waals surface area contributed by atoms with Crippen molar-refractivity contribution in [2.45, 2.75) is 45.1 Å². The number of amides is 1. The molecule has 0 aromatic heterocycles. The van der Waals surface area contributed by atoms with Gasteiger partial charge in [0.25, 0.3) is 0 Å². The highest BCUT2D eigenvalue weighted by Gasteiger charge is 2.35. The maximum Gasteiger partial charge on any atom is 0.235 e. The van der Waals surface area contributed by atoms with E-state index in [0.29, 0.717) is 6.54 Å². The molecule has 4 nitrogen and oxygen atoms in total. The number of nitrogens with zero attached hydrogens (tertiary/aromatic N) is 2. The standard InChI is InChI=1S/C14H23N3O/c1-4-17(9-12(2)3)10-13(18)16-14(11-15)7-5-6-8-14/h2,4-10H2,1,3H3,(H,16,18). The van der Waals surface area contributed by atoms with Crippen molar-refractivity contribution >= 4 is 5.91 Å². The smallest absolute Gasteiger partial charge is 0.235 e. The number of hydrogen-bond donors (Lipinski definition) is 1. The summed E-state index contributed by atoms with van der Waals surface area (Å²) in [6, 6.07) is 2.27. The van der Waals surface area contributed by atoms with Crippen LogP contribution in [0.4, 0.5) is 0 Å². The van der Waals surface area contributed by atoms with E-state index in [1.54, 1.807) is 0 Å². The molecule has 0 bridgehead atoms. The van der Waals surface area contributed by atoms with Crippen LogP contribution >= 0.6 is 0 Å². The molecule has 1 aliphatic carbocycles. The molecule has 0 atom stereocenters. The second kappa shape index (κ2) is 6.55. The van der Waals surface area contributed by atoms with Gasteiger partial charge in [0.05, 0.1) is 12.6 Å². The summed E-state index contributed by atoms with van der Waals surface area (Å²) in [6.07, 6.45) is 3.61. The topological polar surface area (TPSA) is 56.1 Å². The maximum atomic E-state index is 12.0. The fourth-order valence-corrected chi connectivity index (χ4v) is 2.41. The molecule has 100 valence electrons. The Morgan fingerprint density at radius 3 is 2.50 bits per heavy atom.